The lowest BCUT2D eigenvalue weighted by molar-refractivity contribution is -0.117. The minimum atomic E-state index is -0.802. The highest BCUT2D eigenvalue weighted by atomic mass is 16.3. The second-order valence-corrected chi connectivity index (χ2v) is 4.93. The lowest BCUT2D eigenvalue weighted by atomic mass is 10.0. The van der Waals surface area contributed by atoms with Crippen molar-refractivity contribution in [3.8, 4) is 11.8 Å². The molecule has 0 aromatic heterocycles. The van der Waals surface area contributed by atoms with Gasteiger partial charge in [-0.15, -0.1) is 0 Å². The zero-order valence-corrected chi connectivity index (χ0v) is 10.4. The van der Waals surface area contributed by atoms with Crippen LogP contribution in [0, 0.1) is 17.8 Å². The van der Waals surface area contributed by atoms with E-state index in [1.54, 1.807) is 6.92 Å². The highest BCUT2D eigenvalue weighted by molar-refractivity contribution is 5.94. The second-order valence-electron chi connectivity index (χ2n) is 4.93. The third-order valence-corrected chi connectivity index (χ3v) is 3.16. The summed E-state index contributed by atoms with van der Waals surface area (Å²) in [5.74, 6) is 5.27. The number of benzene rings is 1. The molecule has 1 fully saturated rings. The molecule has 0 unspecified atom stereocenters. The molecule has 0 aliphatic heterocycles. The maximum atomic E-state index is 11.5. The summed E-state index contributed by atoms with van der Waals surface area (Å²) in [6.07, 6.45) is 2.08. The number of rotatable bonds is 3. The Morgan fingerprint density at radius 2 is 2.11 bits per heavy atom. The van der Waals surface area contributed by atoms with Crippen LogP contribution in [0.15, 0.2) is 30.3 Å². The maximum Gasteiger partial charge on any atom is 0.296 e. The van der Waals surface area contributed by atoms with Gasteiger partial charge in [0.25, 0.3) is 5.91 Å². The molecule has 3 nitrogen and oxygen atoms in total. The number of carbonyl (C=O) groups is 1. The number of nitrogens with one attached hydrogen (secondary N) is 1. The topological polar surface area (TPSA) is 49.3 Å². The van der Waals surface area contributed by atoms with E-state index in [1.807, 2.05) is 30.3 Å². The fraction of sp³-hybridized carbons (Fsp3) is 0.400. The molecule has 0 bridgehead atoms. The number of amides is 1. The van der Waals surface area contributed by atoms with E-state index in [0.29, 0.717) is 5.92 Å². The van der Waals surface area contributed by atoms with Crippen LogP contribution in [0.5, 0.6) is 0 Å². The summed E-state index contributed by atoms with van der Waals surface area (Å²) in [5.41, 5.74) is 0.00554. The molecule has 2 rings (SSSR count). The van der Waals surface area contributed by atoms with Crippen molar-refractivity contribution in [2.45, 2.75) is 25.4 Å². The fourth-order valence-corrected chi connectivity index (χ4v) is 1.80. The zero-order chi connectivity index (χ0) is 13.0. The lowest BCUT2D eigenvalue weighted by Gasteiger charge is -2.22. The number of hydrogen-bond donors (Lipinski definition) is 2. The first-order valence-corrected chi connectivity index (χ1v) is 6.15. The van der Waals surface area contributed by atoms with Crippen molar-refractivity contribution >= 4 is 5.91 Å². The van der Waals surface area contributed by atoms with Crippen LogP contribution in [0.25, 0.3) is 0 Å². The normalized spacial score (nSPS) is 17.2. The maximum absolute atomic E-state index is 11.5. The van der Waals surface area contributed by atoms with Crippen LogP contribution in [-0.2, 0) is 4.79 Å². The quantitative estimate of drug-likeness (QED) is 0.787. The Morgan fingerprint density at radius 3 is 2.72 bits per heavy atom. The largest absolute Gasteiger partial charge is 0.388 e. The minimum Gasteiger partial charge on any atom is -0.388 e. The molecule has 18 heavy (non-hydrogen) atoms. The Bertz CT molecular complexity index is 478. The first-order chi connectivity index (χ1) is 8.58. The van der Waals surface area contributed by atoms with Crippen molar-refractivity contribution in [2.24, 2.45) is 5.92 Å². The van der Waals surface area contributed by atoms with Crippen LogP contribution in [0.4, 0.5) is 0 Å². The highest BCUT2D eigenvalue weighted by Gasteiger charge is 2.39. The number of aliphatic hydroxyl groups is 1. The van der Waals surface area contributed by atoms with Crippen LogP contribution < -0.4 is 5.32 Å². The van der Waals surface area contributed by atoms with E-state index in [1.165, 1.54) is 0 Å². The summed E-state index contributed by atoms with van der Waals surface area (Å²) < 4.78 is 0. The molecule has 1 aromatic carbocycles. The van der Waals surface area contributed by atoms with Gasteiger partial charge < -0.3 is 10.4 Å². The minimum absolute atomic E-state index is 0.264. The van der Waals surface area contributed by atoms with Gasteiger partial charge in [-0.3, -0.25) is 4.79 Å². The Kier molecular flexibility index (Phi) is 3.69. The molecule has 3 heteroatoms. The van der Waals surface area contributed by atoms with E-state index in [-0.39, 0.29) is 12.5 Å². The van der Waals surface area contributed by atoms with E-state index in [9.17, 15) is 9.90 Å². The smallest absolute Gasteiger partial charge is 0.296 e. The van der Waals surface area contributed by atoms with Crippen LogP contribution >= 0.6 is 0 Å². The second kappa shape index (κ2) is 5.24. The van der Waals surface area contributed by atoms with Crippen LogP contribution in [0.1, 0.15) is 25.3 Å². The van der Waals surface area contributed by atoms with Crippen molar-refractivity contribution in [2.75, 3.05) is 6.54 Å². The summed E-state index contributed by atoms with van der Waals surface area (Å²) in [5, 5.41) is 12.7. The summed E-state index contributed by atoms with van der Waals surface area (Å²) in [6.45, 7) is 2.02. The van der Waals surface area contributed by atoms with Gasteiger partial charge in [0.1, 0.15) is 0 Å². The first-order valence-electron chi connectivity index (χ1n) is 6.15. The molecular weight excluding hydrogens is 226 g/mol. The van der Waals surface area contributed by atoms with Crippen molar-refractivity contribution in [3.63, 3.8) is 0 Å². The molecule has 1 aromatic rings. The van der Waals surface area contributed by atoms with E-state index in [2.05, 4.69) is 17.2 Å². The molecule has 1 aliphatic rings. The monoisotopic (exact) mass is 243 g/mol. The van der Waals surface area contributed by atoms with Crippen molar-refractivity contribution in [3.05, 3.63) is 35.9 Å². The first kappa shape index (κ1) is 12.7. The average Bonchev–Trinajstić information content (AvgIpc) is 3.20. The van der Waals surface area contributed by atoms with Gasteiger partial charge in [-0.1, -0.05) is 24.1 Å². The standard InChI is InChI=1S/C15H17NO2/c1-15(18,13-8-9-13)11-16-14(17)10-7-12-5-3-2-4-6-12/h2-6,13,18H,8-9,11H2,1H3,(H,16,17)/t15-/m0/s1. The molecule has 1 aliphatic carbocycles. The third-order valence-electron chi connectivity index (χ3n) is 3.16. The Labute approximate surface area is 107 Å². The van der Waals surface area contributed by atoms with Gasteiger partial charge in [-0.25, -0.2) is 0 Å². The SMILES string of the molecule is C[C@](O)(CNC(=O)C#Cc1ccccc1)C1CC1. The fourth-order valence-electron chi connectivity index (χ4n) is 1.80. The number of hydrogen-bond acceptors (Lipinski definition) is 2. The lowest BCUT2D eigenvalue weighted by Crippen LogP contribution is -2.41. The van der Waals surface area contributed by atoms with Crippen molar-refractivity contribution in [1.29, 1.82) is 0 Å². The van der Waals surface area contributed by atoms with Crippen LogP contribution in [-0.4, -0.2) is 23.2 Å². The van der Waals surface area contributed by atoms with E-state index in [4.69, 9.17) is 0 Å². The molecule has 1 amide bonds. The van der Waals surface area contributed by atoms with E-state index >= 15 is 0 Å². The Balaban J connectivity index is 1.84. The summed E-state index contributed by atoms with van der Waals surface area (Å²) >= 11 is 0. The molecule has 0 saturated heterocycles. The molecule has 0 spiro atoms. The van der Waals surface area contributed by atoms with E-state index in [0.717, 1.165) is 18.4 Å². The molecule has 2 N–H and O–H groups in total. The van der Waals surface area contributed by atoms with Gasteiger partial charge in [-0.05, 0) is 37.8 Å². The molecule has 1 atom stereocenters. The Hall–Kier alpha value is -1.79. The van der Waals surface area contributed by atoms with Crippen molar-refractivity contribution < 1.29 is 9.90 Å². The predicted octanol–water partition coefficient (Wildman–Crippen LogP) is 1.32. The highest BCUT2D eigenvalue weighted by Crippen LogP contribution is 2.38. The molecule has 1 saturated carbocycles. The summed E-state index contributed by atoms with van der Waals surface area (Å²) in [6, 6.07) is 9.35. The van der Waals surface area contributed by atoms with Gasteiger partial charge in [0, 0.05) is 18.0 Å². The third kappa shape index (κ3) is 3.61. The summed E-state index contributed by atoms with van der Waals surface area (Å²) in [4.78, 5) is 11.5. The van der Waals surface area contributed by atoms with Crippen LogP contribution in [0.3, 0.4) is 0 Å². The predicted molar refractivity (Wildman–Crippen MR) is 69.7 cm³/mol. The summed E-state index contributed by atoms with van der Waals surface area (Å²) in [7, 11) is 0. The molecule has 0 radical (unpaired) electrons. The molecule has 94 valence electrons. The van der Waals surface area contributed by atoms with Gasteiger partial charge in [0.15, 0.2) is 0 Å². The van der Waals surface area contributed by atoms with Gasteiger partial charge in [0.2, 0.25) is 0 Å². The van der Waals surface area contributed by atoms with Gasteiger partial charge in [-0.2, -0.15) is 0 Å². The zero-order valence-electron chi connectivity index (χ0n) is 10.4. The molecule has 0 heterocycles. The van der Waals surface area contributed by atoms with Crippen LogP contribution in [0.2, 0.25) is 0 Å². The van der Waals surface area contributed by atoms with E-state index < -0.39 is 5.60 Å². The molecular formula is C15H17NO2. The van der Waals surface area contributed by atoms with Gasteiger partial charge >= 0.3 is 0 Å². The number of carbonyl (C=O) groups excluding carboxylic acids is 1. The average molecular weight is 243 g/mol. The Morgan fingerprint density at radius 1 is 1.44 bits per heavy atom. The van der Waals surface area contributed by atoms with Gasteiger partial charge in [0.05, 0.1) is 5.60 Å². The van der Waals surface area contributed by atoms with Crippen molar-refractivity contribution in [1.82, 2.24) is 5.32 Å².